The second-order valence-corrected chi connectivity index (χ2v) is 39.2. The molecule has 0 spiro atoms. The van der Waals surface area contributed by atoms with Crippen LogP contribution in [-0.4, -0.2) is 150 Å². The van der Waals surface area contributed by atoms with E-state index in [0.29, 0.717) is 6.04 Å². The highest BCUT2D eigenvalue weighted by molar-refractivity contribution is 6.76. The highest BCUT2D eigenvalue weighted by Gasteiger charge is 2.57. The average Bonchev–Trinajstić information content (AvgIpc) is 0.762. The summed E-state index contributed by atoms with van der Waals surface area (Å²) in [6, 6.07) is 99.0. The summed E-state index contributed by atoms with van der Waals surface area (Å²) in [5.74, 6) is -0.603. The Hall–Kier alpha value is -9.44. The van der Waals surface area contributed by atoms with E-state index in [1.54, 1.807) is 20.8 Å². The van der Waals surface area contributed by atoms with E-state index in [1.807, 2.05) is 303 Å². The molecule has 650 valence electrons. The second kappa shape index (κ2) is 47.6. The lowest BCUT2D eigenvalue weighted by Gasteiger charge is -2.52. The monoisotopic (exact) mass is 1690 g/mol. The Kier molecular flexibility index (Phi) is 35.3. The van der Waals surface area contributed by atoms with E-state index in [-0.39, 0.29) is 105 Å². The van der Waals surface area contributed by atoms with Crippen molar-refractivity contribution in [2.24, 2.45) is 0 Å². The van der Waals surface area contributed by atoms with Crippen LogP contribution < -0.4 is 5.32 Å². The van der Waals surface area contributed by atoms with Gasteiger partial charge in [-0.15, -0.1) is 0 Å². The third kappa shape index (κ3) is 29.3. The minimum atomic E-state index is -1.68. The first kappa shape index (κ1) is 91.3. The van der Waals surface area contributed by atoms with Gasteiger partial charge in [0.25, 0.3) is 0 Å². The summed E-state index contributed by atoms with van der Waals surface area (Å²) in [4.78, 5) is 28.6. The fraction of sp³-hybridized carbons (Fsp3) is 0.392. The van der Waals surface area contributed by atoms with Crippen molar-refractivity contribution < 1.29 is 90.1 Å². The first-order valence-corrected chi connectivity index (χ1v) is 46.6. The molecule has 1 N–H and O–H groups in total. The largest absolute Gasteiger partial charge is 0.464 e. The molecule has 3 fully saturated rings. The van der Waals surface area contributed by atoms with Gasteiger partial charge in [-0.25, -0.2) is 9.59 Å². The summed E-state index contributed by atoms with van der Waals surface area (Å²) < 4.78 is 123. The molecule has 0 aliphatic carbocycles. The van der Waals surface area contributed by atoms with Crippen LogP contribution in [0.2, 0.25) is 25.7 Å². The number of carbonyl (C=O) groups excluding carboxylic acids is 2. The van der Waals surface area contributed by atoms with Crippen LogP contribution in [0.15, 0.2) is 303 Å². The third-order valence-corrected chi connectivity index (χ3v) is 23.2. The Labute approximate surface area is 725 Å². The number of alkyl carbamates (subject to hydrolysis) is 1. The lowest BCUT2D eigenvalue weighted by molar-refractivity contribution is -0.389. The topological polar surface area (TPSA) is 203 Å². The van der Waals surface area contributed by atoms with Gasteiger partial charge >= 0.3 is 12.1 Å². The van der Waals surface area contributed by atoms with Crippen molar-refractivity contribution in [2.75, 3.05) is 26.4 Å². The van der Waals surface area contributed by atoms with Gasteiger partial charge in [0.2, 0.25) is 0 Å². The van der Waals surface area contributed by atoms with Gasteiger partial charge in [0.05, 0.1) is 98.6 Å². The number of amides is 1. The molecule has 3 heterocycles. The van der Waals surface area contributed by atoms with Crippen molar-refractivity contribution in [2.45, 2.75) is 229 Å². The van der Waals surface area contributed by atoms with E-state index in [0.717, 1.165) is 55.6 Å². The number of hydrogen-bond acceptors (Lipinski definition) is 19. The molecular weight excluding hydrogens is 1570 g/mol. The van der Waals surface area contributed by atoms with E-state index in [2.05, 4.69) is 25.0 Å². The van der Waals surface area contributed by atoms with Gasteiger partial charge in [0.15, 0.2) is 12.6 Å². The van der Waals surface area contributed by atoms with Crippen LogP contribution in [0.4, 0.5) is 4.79 Å². The minimum absolute atomic E-state index is 0.0363. The quantitative estimate of drug-likeness (QED) is 0.0278. The summed E-state index contributed by atoms with van der Waals surface area (Å²) in [6.45, 7) is 13.5. The van der Waals surface area contributed by atoms with Gasteiger partial charge in [-0.2, -0.15) is 0 Å². The average molecular weight is 1690 g/mol. The zero-order valence-corrected chi connectivity index (χ0v) is 72.4. The molecule has 0 radical (unpaired) electrons. The van der Waals surface area contributed by atoms with E-state index in [4.69, 9.17) is 80.5 Å². The van der Waals surface area contributed by atoms with Crippen LogP contribution in [0.1, 0.15) is 89.2 Å². The third-order valence-electron chi connectivity index (χ3n) is 21.5. The van der Waals surface area contributed by atoms with Crippen LogP contribution >= 0.6 is 0 Å². The van der Waals surface area contributed by atoms with Crippen molar-refractivity contribution in [3.8, 4) is 0 Å². The predicted octanol–water partition coefficient (Wildman–Crippen LogP) is 18.3. The number of rotatable bonds is 45. The standard InChI is InChI=1S/C102H119NO19Si/c1-102(2,3)122-101(105)103-84(98(104)109-59-60-123(4,5)6)57-58-85-89(110-64-77-43-23-10-24-44-77)93(112-66-79-47-27-12-28-48-79)91(87(117-85)72-107-62-75-39-19-8-20-40-75)120-100-97(116-70-83-55-35-16-36-56-83)95(114-68-81-51-31-14-32-52-81)92(88(119-100)73-108-63-76-41-21-9-22-42-76)121-99-96(115-69-82-53-33-15-34-54-82)94(113-67-80-49-29-13-30-50-80)90(111-65-78-45-25-11-26-46-78)86(118-99)71-106-61-74-37-17-7-18-38-74/h7-56,84-97,99-100H,57-73H2,1-6H3,(H,103,105)/t84-,85+,86-,87-,88-,89+,90+,91-,92+,93-,94+,95+,96-,97-,99-,100+/m1/s1. The van der Waals surface area contributed by atoms with Crippen molar-refractivity contribution in [3.63, 3.8) is 0 Å². The number of carbonyl (C=O) groups is 2. The summed E-state index contributed by atoms with van der Waals surface area (Å²) in [5.41, 5.74) is 8.14. The molecule has 0 saturated carbocycles. The van der Waals surface area contributed by atoms with Crippen LogP contribution in [0.25, 0.3) is 0 Å². The lowest BCUT2D eigenvalue weighted by atomic mass is 9.90. The van der Waals surface area contributed by atoms with Crippen LogP contribution in [0, 0.1) is 0 Å². The van der Waals surface area contributed by atoms with E-state index in [1.165, 1.54) is 0 Å². The number of benzene rings is 10. The Balaban J connectivity index is 0.949. The maximum Gasteiger partial charge on any atom is 0.408 e. The highest BCUT2D eigenvalue weighted by Crippen LogP contribution is 2.41. The van der Waals surface area contributed by atoms with Crippen molar-refractivity contribution >= 4 is 20.1 Å². The maximum absolute atomic E-state index is 14.6. The second-order valence-electron chi connectivity index (χ2n) is 33.6. The SMILES string of the molecule is CC(C)(C)OC(=O)N[C@H](CC[C@@H]1O[C@H](COCc2ccccc2)[C@@H](O[C@@H]2O[C@H](COCc3ccccc3)[C@H](O[C@H]3O[C@H](COCc4ccccc4)[C@H](OCc4ccccc4)[C@H](OCc4ccccc4)[C@H]3OCc3ccccc3)[C@H](OCc3ccccc3)[C@H]2OCc2ccccc2)[C@H](OCc2ccccc2)[C@H]1OCc1ccccc1)C(=O)OCC[Si](C)(C)C. The van der Waals surface area contributed by atoms with Gasteiger partial charge in [-0.05, 0) is 95.3 Å². The number of esters is 1. The fourth-order valence-corrected chi connectivity index (χ4v) is 15.8. The number of nitrogens with one attached hydrogen (secondary N) is 1. The summed E-state index contributed by atoms with van der Waals surface area (Å²) >= 11 is 0. The maximum atomic E-state index is 14.6. The van der Waals surface area contributed by atoms with Crippen molar-refractivity contribution in [1.29, 1.82) is 0 Å². The summed E-state index contributed by atoms with van der Waals surface area (Å²) in [5, 5.41) is 2.89. The Morgan fingerprint density at radius 1 is 0.325 bits per heavy atom. The Morgan fingerprint density at radius 2 is 0.577 bits per heavy atom. The van der Waals surface area contributed by atoms with Gasteiger partial charge in [0, 0.05) is 8.07 Å². The molecule has 21 heteroatoms. The molecule has 0 unspecified atom stereocenters. The smallest absolute Gasteiger partial charge is 0.408 e. The zero-order valence-electron chi connectivity index (χ0n) is 71.4. The molecule has 3 aliphatic heterocycles. The number of ether oxygens (including phenoxy) is 17. The van der Waals surface area contributed by atoms with Gasteiger partial charge in [-0.1, -0.05) is 323 Å². The van der Waals surface area contributed by atoms with E-state index in [9.17, 15) is 9.59 Å². The highest BCUT2D eigenvalue weighted by atomic mass is 28.3. The van der Waals surface area contributed by atoms with Gasteiger partial charge in [0.1, 0.15) is 84.9 Å². The van der Waals surface area contributed by atoms with E-state index >= 15 is 0 Å². The molecular formula is C102H119NO19Si. The van der Waals surface area contributed by atoms with Crippen LogP contribution in [-0.2, 0) is 151 Å². The Morgan fingerprint density at radius 3 is 0.878 bits per heavy atom. The molecule has 0 aromatic heterocycles. The van der Waals surface area contributed by atoms with Crippen molar-refractivity contribution in [3.05, 3.63) is 359 Å². The van der Waals surface area contributed by atoms with E-state index < -0.39 is 124 Å². The summed E-state index contributed by atoms with van der Waals surface area (Å²) in [6.07, 6.45) is -16.5. The predicted molar refractivity (Wildman–Crippen MR) is 471 cm³/mol. The Bertz CT molecular complexity index is 4610. The molecule has 3 aliphatic rings. The fourth-order valence-electron chi connectivity index (χ4n) is 15.1. The first-order chi connectivity index (χ1) is 60.1. The molecule has 10 aromatic rings. The normalized spacial score (nSPS) is 23.2. The molecule has 0 bridgehead atoms. The van der Waals surface area contributed by atoms with Crippen LogP contribution in [0.5, 0.6) is 0 Å². The lowest BCUT2D eigenvalue weighted by Crippen LogP contribution is -2.68. The molecule has 3 saturated heterocycles. The molecule has 16 atom stereocenters. The summed E-state index contributed by atoms with van der Waals surface area (Å²) in [7, 11) is -1.68. The minimum Gasteiger partial charge on any atom is -0.464 e. The molecule has 20 nitrogen and oxygen atoms in total. The first-order valence-electron chi connectivity index (χ1n) is 42.9. The van der Waals surface area contributed by atoms with Crippen LogP contribution in [0.3, 0.4) is 0 Å². The zero-order chi connectivity index (χ0) is 85.3. The van der Waals surface area contributed by atoms with Gasteiger partial charge < -0.3 is 85.8 Å². The molecule has 10 aromatic carbocycles. The molecule has 13 rings (SSSR count). The van der Waals surface area contributed by atoms with Gasteiger partial charge in [-0.3, -0.25) is 0 Å². The number of hydrogen-bond donors (Lipinski definition) is 1. The molecule has 1 amide bonds. The van der Waals surface area contributed by atoms with Crippen molar-refractivity contribution in [1.82, 2.24) is 5.32 Å². The molecule has 123 heavy (non-hydrogen) atoms.